The van der Waals surface area contributed by atoms with Gasteiger partial charge in [-0.3, -0.25) is 4.79 Å². The summed E-state index contributed by atoms with van der Waals surface area (Å²) in [4.78, 5) is 22.3. The average molecular weight is 268 g/mol. The number of carbonyl (C=O) groups excluding carboxylic acids is 2. The number of methoxy groups -OCH3 is 1. The molecule has 1 rings (SSSR count). The van der Waals surface area contributed by atoms with Gasteiger partial charge in [0.1, 0.15) is 0 Å². The quantitative estimate of drug-likeness (QED) is 0.741. The van der Waals surface area contributed by atoms with Crippen molar-refractivity contribution in [3.63, 3.8) is 0 Å². The van der Waals surface area contributed by atoms with Crippen LogP contribution in [0.3, 0.4) is 0 Å². The number of benzene rings is 1. The van der Waals surface area contributed by atoms with Crippen LogP contribution in [0.25, 0.3) is 0 Å². The lowest BCUT2D eigenvalue weighted by atomic mass is 10.1. The molecule has 0 spiro atoms. The number of rotatable bonds is 6. The van der Waals surface area contributed by atoms with Crippen molar-refractivity contribution >= 4 is 23.7 Å². The molecule has 0 bridgehead atoms. The van der Waals surface area contributed by atoms with Crippen LogP contribution >= 0.6 is 11.8 Å². The molecule has 0 N–H and O–H groups in total. The average Bonchev–Trinajstić information content (AvgIpc) is 2.39. The molecule has 0 fully saturated rings. The molecule has 0 aliphatic carbocycles. The summed E-state index contributed by atoms with van der Waals surface area (Å²) in [7, 11) is 1.35. The fourth-order valence-corrected chi connectivity index (χ4v) is 2.09. The standard InChI is InChI=1S/C13H16O4S/c1-3-17-12(14)9-18-8-10-4-6-11(7-5-10)13(15)16-2/h4-7H,3,8-9H2,1-2H3. The van der Waals surface area contributed by atoms with E-state index in [1.54, 1.807) is 19.1 Å². The smallest absolute Gasteiger partial charge is 0.337 e. The third kappa shape index (κ3) is 4.79. The first kappa shape index (κ1) is 14.6. The van der Waals surface area contributed by atoms with E-state index in [2.05, 4.69) is 4.74 Å². The van der Waals surface area contributed by atoms with Gasteiger partial charge in [-0.05, 0) is 24.6 Å². The van der Waals surface area contributed by atoms with Crippen molar-refractivity contribution in [2.45, 2.75) is 12.7 Å². The number of ether oxygens (including phenoxy) is 2. The van der Waals surface area contributed by atoms with Crippen LogP contribution in [0.1, 0.15) is 22.8 Å². The highest BCUT2D eigenvalue weighted by Crippen LogP contribution is 2.13. The molecule has 5 heteroatoms. The second kappa shape index (κ2) is 7.76. The van der Waals surface area contributed by atoms with E-state index in [4.69, 9.17) is 4.74 Å². The Hall–Kier alpha value is -1.49. The highest BCUT2D eigenvalue weighted by Gasteiger charge is 2.05. The third-order valence-electron chi connectivity index (χ3n) is 2.17. The highest BCUT2D eigenvalue weighted by atomic mass is 32.2. The molecule has 0 saturated carbocycles. The van der Waals surface area contributed by atoms with Gasteiger partial charge < -0.3 is 9.47 Å². The first-order chi connectivity index (χ1) is 8.67. The molecular formula is C13H16O4S. The molecule has 0 unspecified atom stereocenters. The van der Waals surface area contributed by atoms with E-state index in [0.29, 0.717) is 23.7 Å². The van der Waals surface area contributed by atoms with Gasteiger partial charge in [-0.1, -0.05) is 12.1 Å². The fraction of sp³-hybridized carbons (Fsp3) is 0.385. The van der Waals surface area contributed by atoms with Crippen molar-refractivity contribution in [2.24, 2.45) is 0 Å². The van der Waals surface area contributed by atoms with Gasteiger partial charge in [-0.15, -0.1) is 11.8 Å². The van der Waals surface area contributed by atoms with E-state index in [1.807, 2.05) is 12.1 Å². The Kier molecular flexibility index (Phi) is 6.28. The monoisotopic (exact) mass is 268 g/mol. The Morgan fingerprint density at radius 1 is 1.22 bits per heavy atom. The summed E-state index contributed by atoms with van der Waals surface area (Å²) >= 11 is 1.48. The molecule has 0 heterocycles. The summed E-state index contributed by atoms with van der Waals surface area (Å²) in [5.74, 6) is 0.502. The first-order valence-electron chi connectivity index (χ1n) is 5.58. The summed E-state index contributed by atoms with van der Waals surface area (Å²) in [6, 6.07) is 7.13. The number of carbonyl (C=O) groups is 2. The van der Waals surface area contributed by atoms with Gasteiger partial charge in [-0.2, -0.15) is 0 Å². The third-order valence-corrected chi connectivity index (χ3v) is 3.15. The Balaban J connectivity index is 2.40. The minimum Gasteiger partial charge on any atom is -0.465 e. The van der Waals surface area contributed by atoms with Crippen molar-refractivity contribution in [1.82, 2.24) is 0 Å². The molecule has 0 aliphatic heterocycles. The number of hydrogen-bond donors (Lipinski definition) is 0. The van der Waals surface area contributed by atoms with E-state index < -0.39 is 0 Å². The van der Waals surface area contributed by atoms with Gasteiger partial charge in [0.2, 0.25) is 0 Å². The van der Waals surface area contributed by atoms with Crippen LogP contribution in [0.4, 0.5) is 0 Å². The van der Waals surface area contributed by atoms with Crippen LogP contribution < -0.4 is 0 Å². The SMILES string of the molecule is CCOC(=O)CSCc1ccc(C(=O)OC)cc1. The van der Waals surface area contributed by atoms with Crippen LogP contribution in [0.2, 0.25) is 0 Å². The number of hydrogen-bond acceptors (Lipinski definition) is 5. The fourth-order valence-electron chi connectivity index (χ4n) is 1.31. The zero-order valence-corrected chi connectivity index (χ0v) is 11.3. The van der Waals surface area contributed by atoms with Crippen molar-refractivity contribution in [2.75, 3.05) is 19.5 Å². The van der Waals surface area contributed by atoms with E-state index in [1.165, 1.54) is 18.9 Å². The molecule has 0 aliphatic rings. The van der Waals surface area contributed by atoms with E-state index >= 15 is 0 Å². The molecule has 0 radical (unpaired) electrons. The maximum absolute atomic E-state index is 11.2. The number of thioether (sulfide) groups is 1. The van der Waals surface area contributed by atoms with Gasteiger partial charge in [0.15, 0.2) is 0 Å². The summed E-state index contributed by atoms with van der Waals surface area (Å²) < 4.78 is 9.43. The lowest BCUT2D eigenvalue weighted by Gasteiger charge is -2.03. The lowest BCUT2D eigenvalue weighted by Crippen LogP contribution is -2.06. The first-order valence-corrected chi connectivity index (χ1v) is 6.73. The molecule has 0 saturated heterocycles. The summed E-state index contributed by atoms with van der Waals surface area (Å²) in [6.45, 7) is 2.20. The predicted molar refractivity (Wildman–Crippen MR) is 70.6 cm³/mol. The topological polar surface area (TPSA) is 52.6 Å². The van der Waals surface area contributed by atoms with Crippen molar-refractivity contribution in [3.05, 3.63) is 35.4 Å². The van der Waals surface area contributed by atoms with Crippen LogP contribution in [0.5, 0.6) is 0 Å². The minimum absolute atomic E-state index is 0.200. The Labute approximate surface area is 111 Å². The van der Waals surface area contributed by atoms with Crippen LogP contribution in [-0.4, -0.2) is 31.4 Å². The van der Waals surface area contributed by atoms with E-state index in [0.717, 1.165) is 5.56 Å². The van der Waals surface area contributed by atoms with Crippen LogP contribution in [0, 0.1) is 0 Å². The minimum atomic E-state index is -0.347. The molecule has 18 heavy (non-hydrogen) atoms. The normalized spacial score (nSPS) is 9.89. The van der Waals surface area contributed by atoms with Gasteiger partial charge in [0, 0.05) is 5.75 Å². The maximum Gasteiger partial charge on any atom is 0.337 e. The number of esters is 2. The second-order valence-corrected chi connectivity index (χ2v) is 4.47. The summed E-state index contributed by atoms with van der Waals surface area (Å²) in [5, 5.41) is 0. The summed E-state index contributed by atoms with van der Waals surface area (Å²) in [6.07, 6.45) is 0. The van der Waals surface area contributed by atoms with Crippen LogP contribution in [-0.2, 0) is 20.0 Å². The Morgan fingerprint density at radius 2 is 1.89 bits per heavy atom. The molecular weight excluding hydrogens is 252 g/mol. The van der Waals surface area contributed by atoms with Crippen molar-refractivity contribution in [3.8, 4) is 0 Å². The Morgan fingerprint density at radius 3 is 2.44 bits per heavy atom. The van der Waals surface area contributed by atoms with E-state index in [-0.39, 0.29) is 11.9 Å². The summed E-state index contributed by atoms with van der Waals surface area (Å²) in [5.41, 5.74) is 1.58. The zero-order valence-electron chi connectivity index (χ0n) is 10.5. The zero-order chi connectivity index (χ0) is 13.4. The van der Waals surface area contributed by atoms with Crippen LogP contribution in [0.15, 0.2) is 24.3 Å². The maximum atomic E-state index is 11.2. The van der Waals surface area contributed by atoms with E-state index in [9.17, 15) is 9.59 Å². The molecule has 1 aromatic rings. The molecule has 0 atom stereocenters. The van der Waals surface area contributed by atoms with Crippen molar-refractivity contribution in [1.29, 1.82) is 0 Å². The van der Waals surface area contributed by atoms with Gasteiger partial charge in [-0.25, -0.2) is 4.79 Å². The molecule has 0 aromatic heterocycles. The molecule has 0 amide bonds. The van der Waals surface area contributed by atoms with Gasteiger partial charge in [0.05, 0.1) is 25.0 Å². The van der Waals surface area contributed by atoms with Crippen molar-refractivity contribution < 1.29 is 19.1 Å². The molecule has 98 valence electrons. The lowest BCUT2D eigenvalue weighted by molar-refractivity contribution is -0.139. The molecule has 4 nitrogen and oxygen atoms in total. The predicted octanol–water partition coefficient (Wildman–Crippen LogP) is 2.27. The Bertz CT molecular complexity index is 400. The largest absolute Gasteiger partial charge is 0.465 e. The second-order valence-electron chi connectivity index (χ2n) is 3.49. The van der Waals surface area contributed by atoms with Gasteiger partial charge >= 0.3 is 11.9 Å². The van der Waals surface area contributed by atoms with Gasteiger partial charge in [0.25, 0.3) is 0 Å². The highest BCUT2D eigenvalue weighted by molar-refractivity contribution is 7.99. The molecule has 1 aromatic carbocycles.